The van der Waals surface area contributed by atoms with E-state index >= 15 is 0 Å². The molecule has 5 rings (SSSR count). The van der Waals surface area contributed by atoms with E-state index < -0.39 is 0 Å². The Labute approximate surface area is 174 Å². The number of nitrogens with two attached hydrogens (primary N) is 1. The topological polar surface area (TPSA) is 73.5 Å². The van der Waals surface area contributed by atoms with Gasteiger partial charge in [0.15, 0.2) is 0 Å². The second-order valence-electron chi connectivity index (χ2n) is 7.10. The van der Waals surface area contributed by atoms with E-state index in [2.05, 4.69) is 45.2 Å². The first-order valence-electron chi connectivity index (χ1n) is 9.70. The van der Waals surface area contributed by atoms with Crippen LogP contribution in [0.1, 0.15) is 10.8 Å². The fourth-order valence-electron chi connectivity index (χ4n) is 3.70. The van der Waals surface area contributed by atoms with Crippen LogP contribution >= 0.6 is 11.8 Å². The van der Waals surface area contributed by atoms with Gasteiger partial charge < -0.3 is 20.1 Å². The summed E-state index contributed by atoms with van der Waals surface area (Å²) in [5, 5.41) is 0.279. The summed E-state index contributed by atoms with van der Waals surface area (Å²) in [6.07, 6.45) is 3.56. The van der Waals surface area contributed by atoms with Gasteiger partial charge in [-0.2, -0.15) is 0 Å². The number of nitrogen functional groups attached to an aromatic ring is 1. The average Bonchev–Trinajstić information content (AvgIpc) is 3.17. The van der Waals surface area contributed by atoms with E-state index in [1.807, 2.05) is 23.9 Å². The molecule has 1 aromatic heterocycles. The Morgan fingerprint density at radius 1 is 1.00 bits per heavy atom. The highest BCUT2D eigenvalue weighted by molar-refractivity contribution is 7.99. The number of nitrogens with zero attached hydrogens (tertiary/aromatic N) is 3. The molecule has 2 N–H and O–H groups in total. The van der Waals surface area contributed by atoms with Crippen LogP contribution in [0, 0.1) is 0 Å². The predicted octanol–water partition coefficient (Wildman–Crippen LogP) is 3.79. The van der Waals surface area contributed by atoms with Crippen LogP contribution in [-0.4, -0.2) is 42.9 Å². The van der Waals surface area contributed by atoms with E-state index in [1.165, 1.54) is 16.1 Å². The monoisotopic (exact) mass is 406 g/mol. The molecule has 0 aliphatic carbocycles. The summed E-state index contributed by atoms with van der Waals surface area (Å²) in [6.45, 7) is 3.97. The van der Waals surface area contributed by atoms with Crippen molar-refractivity contribution in [2.24, 2.45) is 0 Å². The molecule has 1 atom stereocenters. The molecule has 29 heavy (non-hydrogen) atoms. The molecule has 2 aliphatic rings. The largest absolute Gasteiger partial charge is 0.492 e. The van der Waals surface area contributed by atoms with Gasteiger partial charge in [0.25, 0.3) is 0 Å². The minimum Gasteiger partial charge on any atom is -0.492 e. The third kappa shape index (κ3) is 3.88. The second-order valence-corrected chi connectivity index (χ2v) is 8.38. The lowest BCUT2D eigenvalue weighted by Crippen LogP contribution is -2.36. The number of morpholine rings is 1. The van der Waals surface area contributed by atoms with Gasteiger partial charge in [0, 0.05) is 47.2 Å². The van der Waals surface area contributed by atoms with Crippen molar-refractivity contribution in [3.63, 3.8) is 0 Å². The summed E-state index contributed by atoms with van der Waals surface area (Å²) in [7, 11) is 0. The van der Waals surface area contributed by atoms with Crippen LogP contribution in [0.2, 0.25) is 0 Å². The van der Waals surface area contributed by atoms with Crippen LogP contribution in [-0.2, 0) is 4.74 Å². The Bertz CT molecular complexity index is 1010. The number of hydrogen-bond acceptors (Lipinski definition) is 7. The van der Waals surface area contributed by atoms with E-state index in [4.69, 9.17) is 15.2 Å². The number of anilines is 2. The summed E-state index contributed by atoms with van der Waals surface area (Å²) < 4.78 is 11.4. The molecule has 0 saturated carbocycles. The lowest BCUT2D eigenvalue weighted by molar-refractivity contribution is 0.122. The van der Waals surface area contributed by atoms with Crippen molar-refractivity contribution in [3.8, 4) is 16.9 Å². The first kappa shape index (κ1) is 18.3. The number of fused-ring (bicyclic) bond motifs is 1. The number of para-hydroxylation sites is 1. The quantitative estimate of drug-likeness (QED) is 0.707. The molecular formula is C22H22N4O2S. The fraction of sp³-hybridized carbons (Fsp3) is 0.273. The molecule has 1 unspecified atom stereocenters. The van der Waals surface area contributed by atoms with Crippen LogP contribution in [0.5, 0.6) is 5.75 Å². The zero-order chi connectivity index (χ0) is 19.6. The normalized spacial score (nSPS) is 18.3. The zero-order valence-corrected chi connectivity index (χ0v) is 16.8. The van der Waals surface area contributed by atoms with Gasteiger partial charge in [0.05, 0.1) is 18.5 Å². The molecule has 6 nitrogen and oxygen atoms in total. The summed E-state index contributed by atoms with van der Waals surface area (Å²) >= 11 is 1.84. The number of hydrogen-bond donors (Lipinski definition) is 1. The van der Waals surface area contributed by atoms with Gasteiger partial charge in [-0.1, -0.05) is 18.2 Å². The summed E-state index contributed by atoms with van der Waals surface area (Å²) in [5.74, 6) is 1.27. The van der Waals surface area contributed by atoms with Crippen molar-refractivity contribution in [1.82, 2.24) is 9.97 Å². The highest BCUT2D eigenvalue weighted by atomic mass is 32.2. The lowest BCUT2D eigenvalue weighted by atomic mass is 10.1. The van der Waals surface area contributed by atoms with E-state index in [1.54, 1.807) is 12.4 Å². The minimum absolute atomic E-state index is 0.279. The first-order chi connectivity index (χ1) is 14.3. The van der Waals surface area contributed by atoms with Crippen LogP contribution in [0.4, 0.5) is 11.6 Å². The fourth-order valence-corrected chi connectivity index (χ4v) is 4.87. The SMILES string of the molecule is Nc1ncc(-c2cc(SC3COc4ccccc43)cc(N3CCOCC3)c2)cn1. The van der Waals surface area contributed by atoms with E-state index in [0.717, 1.165) is 43.2 Å². The van der Waals surface area contributed by atoms with Gasteiger partial charge in [-0.25, -0.2) is 9.97 Å². The highest BCUT2D eigenvalue weighted by Crippen LogP contribution is 2.45. The molecule has 0 bridgehead atoms. The Kier molecular flexibility index (Phi) is 4.99. The predicted molar refractivity (Wildman–Crippen MR) is 115 cm³/mol. The van der Waals surface area contributed by atoms with E-state index in [9.17, 15) is 0 Å². The van der Waals surface area contributed by atoms with Gasteiger partial charge in [0.1, 0.15) is 12.4 Å². The van der Waals surface area contributed by atoms with Crippen LogP contribution in [0.25, 0.3) is 11.1 Å². The molecule has 148 valence electrons. The van der Waals surface area contributed by atoms with Crippen LogP contribution in [0.15, 0.2) is 59.8 Å². The van der Waals surface area contributed by atoms with Crippen molar-refractivity contribution in [3.05, 3.63) is 60.4 Å². The molecule has 0 radical (unpaired) electrons. The van der Waals surface area contributed by atoms with Crippen molar-refractivity contribution in [2.45, 2.75) is 10.1 Å². The van der Waals surface area contributed by atoms with E-state index in [-0.39, 0.29) is 11.2 Å². The number of aromatic nitrogens is 2. The minimum atomic E-state index is 0.279. The molecule has 1 fully saturated rings. The first-order valence-corrected chi connectivity index (χ1v) is 10.6. The smallest absolute Gasteiger partial charge is 0.219 e. The van der Waals surface area contributed by atoms with Gasteiger partial charge >= 0.3 is 0 Å². The number of thioether (sulfide) groups is 1. The van der Waals surface area contributed by atoms with Gasteiger partial charge in [-0.15, -0.1) is 11.8 Å². The highest BCUT2D eigenvalue weighted by Gasteiger charge is 2.25. The third-order valence-electron chi connectivity index (χ3n) is 5.21. The van der Waals surface area contributed by atoms with Crippen LogP contribution < -0.4 is 15.4 Å². The van der Waals surface area contributed by atoms with Crippen molar-refractivity contribution >= 4 is 23.4 Å². The van der Waals surface area contributed by atoms with Gasteiger partial charge in [0.2, 0.25) is 5.95 Å². The summed E-state index contributed by atoms with van der Waals surface area (Å²) in [4.78, 5) is 11.9. The summed E-state index contributed by atoms with van der Waals surface area (Å²) in [6, 6.07) is 14.9. The molecule has 7 heteroatoms. The van der Waals surface area contributed by atoms with Gasteiger partial charge in [-0.05, 0) is 29.8 Å². The maximum absolute atomic E-state index is 5.88. The van der Waals surface area contributed by atoms with Gasteiger partial charge in [-0.3, -0.25) is 0 Å². The van der Waals surface area contributed by atoms with Crippen molar-refractivity contribution in [2.75, 3.05) is 43.5 Å². The van der Waals surface area contributed by atoms with Crippen molar-refractivity contribution < 1.29 is 9.47 Å². The summed E-state index contributed by atoms with van der Waals surface area (Å²) in [5.41, 5.74) is 10.2. The molecule has 0 spiro atoms. The Hall–Kier alpha value is -2.77. The standard InChI is InChI=1S/C22H22N4O2S/c23-22-24-12-16(13-25-22)15-9-17(26-5-7-27-8-6-26)11-18(10-15)29-21-14-28-20-4-2-1-3-19(20)21/h1-4,9-13,21H,5-8,14H2,(H2,23,24,25). The molecule has 3 heterocycles. The average molecular weight is 407 g/mol. The second kappa shape index (κ2) is 7.93. The lowest BCUT2D eigenvalue weighted by Gasteiger charge is -2.29. The number of rotatable bonds is 4. The zero-order valence-electron chi connectivity index (χ0n) is 16.0. The Morgan fingerprint density at radius 2 is 1.79 bits per heavy atom. The molecule has 0 amide bonds. The molecule has 3 aromatic rings. The number of ether oxygens (including phenoxy) is 2. The third-order valence-corrected chi connectivity index (χ3v) is 6.39. The van der Waals surface area contributed by atoms with Crippen molar-refractivity contribution in [1.29, 1.82) is 0 Å². The van der Waals surface area contributed by atoms with E-state index in [0.29, 0.717) is 6.61 Å². The maximum Gasteiger partial charge on any atom is 0.219 e. The number of benzene rings is 2. The van der Waals surface area contributed by atoms with Crippen LogP contribution in [0.3, 0.4) is 0 Å². The molecular weight excluding hydrogens is 384 g/mol. The maximum atomic E-state index is 5.88. The Morgan fingerprint density at radius 3 is 2.62 bits per heavy atom. The Balaban J connectivity index is 1.50. The molecule has 1 saturated heterocycles. The molecule has 2 aromatic carbocycles. The molecule has 2 aliphatic heterocycles.